The van der Waals surface area contributed by atoms with Gasteiger partial charge in [0.1, 0.15) is 0 Å². The minimum Gasteiger partial charge on any atom is -0.371 e. The van der Waals surface area contributed by atoms with E-state index in [2.05, 4.69) is 27.6 Å². The molecule has 2 N–H and O–H groups in total. The van der Waals surface area contributed by atoms with Gasteiger partial charge in [-0.15, -0.1) is 0 Å². The highest BCUT2D eigenvalue weighted by Crippen LogP contribution is 2.34. The predicted molar refractivity (Wildman–Crippen MR) is 79.5 cm³/mol. The Hall–Kier alpha value is -1.43. The van der Waals surface area contributed by atoms with E-state index in [1.165, 1.54) is 19.3 Å². The highest BCUT2D eigenvalue weighted by atomic mass is 19.1. The third kappa shape index (κ3) is 2.81. The van der Waals surface area contributed by atoms with Crippen LogP contribution in [0.15, 0.2) is 6.07 Å². The summed E-state index contributed by atoms with van der Waals surface area (Å²) in [7, 11) is 3.76. The number of aromatic nitrogens is 1. The van der Waals surface area contributed by atoms with Gasteiger partial charge in [-0.05, 0) is 32.7 Å². The van der Waals surface area contributed by atoms with Crippen LogP contribution < -0.4 is 10.6 Å². The molecule has 0 radical (unpaired) electrons. The third-order valence-electron chi connectivity index (χ3n) is 4.85. The fraction of sp³-hybridized carbons (Fsp3) is 0.667. The van der Waals surface area contributed by atoms with Crippen LogP contribution in [0.1, 0.15) is 32.1 Å². The van der Waals surface area contributed by atoms with Crippen LogP contribution in [0.5, 0.6) is 0 Å². The van der Waals surface area contributed by atoms with Crippen LogP contribution in [0.3, 0.4) is 0 Å². The fourth-order valence-corrected chi connectivity index (χ4v) is 3.67. The maximum atomic E-state index is 13.9. The monoisotopic (exact) mass is 296 g/mol. The summed E-state index contributed by atoms with van der Waals surface area (Å²) < 4.78 is 27.3. The summed E-state index contributed by atoms with van der Waals surface area (Å²) in [6, 6.07) is 2.20. The minimum atomic E-state index is -0.666. The van der Waals surface area contributed by atoms with E-state index >= 15 is 0 Å². The molecule has 2 fully saturated rings. The Bertz CT molecular complexity index is 509. The van der Waals surface area contributed by atoms with Crippen molar-refractivity contribution in [3.05, 3.63) is 17.7 Å². The number of rotatable bonds is 3. The molecule has 2 unspecified atom stereocenters. The quantitative estimate of drug-likeness (QED) is 0.900. The number of nitrogens with one attached hydrogen (secondary N) is 2. The SMILES string of the molecule is CNc1nc(NC2CC3CCCC(C2)N3C)c(F)cc1F. The highest BCUT2D eigenvalue weighted by molar-refractivity contribution is 5.47. The predicted octanol–water partition coefficient (Wildman–Crippen LogP) is 2.83. The Morgan fingerprint density at radius 3 is 2.38 bits per heavy atom. The molecule has 2 atom stereocenters. The fourth-order valence-electron chi connectivity index (χ4n) is 3.67. The van der Waals surface area contributed by atoms with Crippen LogP contribution in [0.4, 0.5) is 20.4 Å². The number of fused-ring (bicyclic) bond motifs is 2. The normalized spacial score (nSPS) is 29.2. The lowest BCUT2D eigenvalue weighted by Gasteiger charge is -2.47. The van der Waals surface area contributed by atoms with Crippen LogP contribution in [-0.4, -0.2) is 42.1 Å². The molecule has 1 aromatic rings. The zero-order chi connectivity index (χ0) is 15.0. The second kappa shape index (κ2) is 5.75. The molecule has 2 bridgehead atoms. The van der Waals surface area contributed by atoms with Gasteiger partial charge in [0, 0.05) is 31.2 Å². The van der Waals surface area contributed by atoms with Gasteiger partial charge in [0.15, 0.2) is 23.3 Å². The summed E-state index contributed by atoms with van der Waals surface area (Å²) in [6.45, 7) is 0. The Morgan fingerprint density at radius 2 is 1.76 bits per heavy atom. The van der Waals surface area contributed by atoms with Crippen molar-refractivity contribution in [2.45, 2.75) is 50.2 Å². The van der Waals surface area contributed by atoms with Gasteiger partial charge in [-0.3, -0.25) is 0 Å². The molecule has 3 rings (SSSR count). The van der Waals surface area contributed by atoms with E-state index in [1.54, 1.807) is 7.05 Å². The Balaban J connectivity index is 1.75. The van der Waals surface area contributed by atoms with Gasteiger partial charge >= 0.3 is 0 Å². The van der Waals surface area contributed by atoms with Gasteiger partial charge in [-0.2, -0.15) is 0 Å². The molecule has 4 nitrogen and oxygen atoms in total. The molecule has 3 heterocycles. The van der Waals surface area contributed by atoms with Gasteiger partial charge in [-0.1, -0.05) is 6.42 Å². The topological polar surface area (TPSA) is 40.2 Å². The first-order valence-corrected chi connectivity index (χ1v) is 7.60. The van der Waals surface area contributed by atoms with Crippen LogP contribution in [-0.2, 0) is 0 Å². The maximum Gasteiger partial charge on any atom is 0.168 e. The zero-order valence-electron chi connectivity index (χ0n) is 12.5. The van der Waals surface area contributed by atoms with Crippen molar-refractivity contribution in [1.82, 2.24) is 9.88 Å². The number of nitrogens with zero attached hydrogens (tertiary/aromatic N) is 2. The van der Waals surface area contributed by atoms with E-state index in [4.69, 9.17) is 0 Å². The molecule has 0 spiro atoms. The van der Waals surface area contributed by atoms with E-state index < -0.39 is 11.6 Å². The number of hydrogen-bond donors (Lipinski definition) is 2. The summed E-state index contributed by atoms with van der Waals surface area (Å²) in [4.78, 5) is 6.47. The first kappa shape index (κ1) is 14.5. The van der Waals surface area contributed by atoms with Crippen molar-refractivity contribution < 1.29 is 8.78 Å². The van der Waals surface area contributed by atoms with E-state index in [0.29, 0.717) is 12.1 Å². The Labute approximate surface area is 123 Å². The molecule has 0 amide bonds. The van der Waals surface area contributed by atoms with Crippen molar-refractivity contribution in [2.24, 2.45) is 0 Å². The Kier molecular flexibility index (Phi) is 3.97. The lowest BCUT2D eigenvalue weighted by Crippen LogP contribution is -2.52. The second-order valence-electron chi connectivity index (χ2n) is 6.12. The van der Waals surface area contributed by atoms with Gasteiger partial charge in [0.25, 0.3) is 0 Å². The van der Waals surface area contributed by atoms with Gasteiger partial charge in [0.05, 0.1) is 0 Å². The summed E-state index contributed by atoms with van der Waals surface area (Å²) in [5.74, 6) is -1.07. The van der Waals surface area contributed by atoms with Crippen LogP contribution in [0.2, 0.25) is 0 Å². The molecule has 6 heteroatoms. The van der Waals surface area contributed by atoms with Gasteiger partial charge < -0.3 is 15.5 Å². The molecule has 2 aliphatic rings. The van der Waals surface area contributed by atoms with Crippen molar-refractivity contribution in [1.29, 1.82) is 0 Å². The van der Waals surface area contributed by atoms with Crippen LogP contribution >= 0.6 is 0 Å². The van der Waals surface area contributed by atoms with Crippen molar-refractivity contribution in [3.8, 4) is 0 Å². The number of anilines is 2. The molecule has 0 aromatic carbocycles. The van der Waals surface area contributed by atoms with E-state index in [1.807, 2.05) is 0 Å². The summed E-state index contributed by atoms with van der Waals surface area (Å²) >= 11 is 0. The van der Waals surface area contributed by atoms with E-state index in [0.717, 1.165) is 18.9 Å². The van der Waals surface area contributed by atoms with E-state index in [-0.39, 0.29) is 17.7 Å². The van der Waals surface area contributed by atoms with Gasteiger partial charge in [0.2, 0.25) is 0 Å². The molecule has 1 aromatic heterocycles. The number of halogens is 2. The van der Waals surface area contributed by atoms with Crippen molar-refractivity contribution in [2.75, 3.05) is 24.7 Å². The molecule has 2 saturated heterocycles. The largest absolute Gasteiger partial charge is 0.371 e. The highest BCUT2D eigenvalue weighted by Gasteiger charge is 2.36. The van der Waals surface area contributed by atoms with Crippen LogP contribution in [0, 0.1) is 11.6 Å². The molecule has 0 aliphatic carbocycles. The first-order valence-electron chi connectivity index (χ1n) is 7.60. The number of piperidine rings is 2. The lowest BCUT2D eigenvalue weighted by molar-refractivity contribution is 0.0607. The first-order chi connectivity index (χ1) is 10.1. The second-order valence-corrected chi connectivity index (χ2v) is 6.12. The number of hydrogen-bond acceptors (Lipinski definition) is 4. The molecular formula is C15H22F2N4. The van der Waals surface area contributed by atoms with Gasteiger partial charge in [-0.25, -0.2) is 13.8 Å². The molecule has 2 aliphatic heterocycles. The summed E-state index contributed by atoms with van der Waals surface area (Å²) in [5.41, 5.74) is 0. The maximum absolute atomic E-state index is 13.9. The third-order valence-corrected chi connectivity index (χ3v) is 4.85. The zero-order valence-corrected chi connectivity index (χ0v) is 12.5. The van der Waals surface area contributed by atoms with Crippen molar-refractivity contribution in [3.63, 3.8) is 0 Å². The average Bonchev–Trinajstić information content (AvgIpc) is 2.43. The average molecular weight is 296 g/mol. The Morgan fingerprint density at radius 1 is 1.14 bits per heavy atom. The van der Waals surface area contributed by atoms with Crippen LogP contribution in [0.25, 0.3) is 0 Å². The molecule has 21 heavy (non-hydrogen) atoms. The number of pyridine rings is 1. The standard InChI is InChI=1S/C15H22F2N4/c1-18-14-12(16)8-13(17)15(20-14)19-9-6-10-4-3-5-11(7-9)21(10)2/h8-11H,3-7H2,1-2H3,(H2,18,19,20). The van der Waals surface area contributed by atoms with E-state index in [9.17, 15) is 8.78 Å². The molecule has 116 valence electrons. The van der Waals surface area contributed by atoms with Crippen molar-refractivity contribution >= 4 is 11.6 Å². The minimum absolute atomic E-state index is 0.0759. The summed E-state index contributed by atoms with van der Waals surface area (Å²) in [5, 5.41) is 5.83. The lowest BCUT2D eigenvalue weighted by atomic mass is 9.82. The molecule has 0 saturated carbocycles. The smallest absolute Gasteiger partial charge is 0.168 e. The summed E-state index contributed by atoms with van der Waals surface area (Å²) in [6.07, 6.45) is 5.65. The molecular weight excluding hydrogens is 274 g/mol.